The molecule has 0 spiro atoms. The van der Waals surface area contributed by atoms with Crippen LogP contribution >= 0.6 is 11.3 Å². The number of carbonyl (C=O) groups is 1. The van der Waals surface area contributed by atoms with Gasteiger partial charge in [-0.1, -0.05) is 13.3 Å². The van der Waals surface area contributed by atoms with E-state index >= 15 is 0 Å². The molecule has 0 radical (unpaired) electrons. The maximum atomic E-state index is 12.2. The number of amides is 1. The number of H-pyrrole nitrogens is 2. The van der Waals surface area contributed by atoms with Gasteiger partial charge in [0, 0.05) is 40.2 Å². The Morgan fingerprint density at radius 2 is 1.97 bits per heavy atom. The van der Waals surface area contributed by atoms with Gasteiger partial charge in [0.15, 0.2) is 0 Å². The molecule has 0 atom stereocenters. The Bertz CT molecular complexity index is 1750. The van der Waals surface area contributed by atoms with E-state index in [-0.39, 0.29) is 5.91 Å². The minimum Gasteiger partial charge on any atom is -0.353 e. The van der Waals surface area contributed by atoms with E-state index in [9.17, 15) is 4.79 Å². The molecule has 9 heteroatoms. The number of aryl methyl sites for hydroxylation is 1. The first-order chi connectivity index (χ1) is 18.1. The van der Waals surface area contributed by atoms with E-state index in [0.717, 1.165) is 68.0 Å². The summed E-state index contributed by atoms with van der Waals surface area (Å²) in [6, 6.07) is 14.1. The molecule has 0 aliphatic rings. The van der Waals surface area contributed by atoms with Crippen LogP contribution in [0.3, 0.4) is 0 Å². The fourth-order valence-electron chi connectivity index (χ4n) is 4.40. The first kappa shape index (κ1) is 23.1. The average molecular weight is 508 g/mol. The van der Waals surface area contributed by atoms with E-state index < -0.39 is 0 Å². The van der Waals surface area contributed by atoms with Crippen molar-refractivity contribution >= 4 is 44.9 Å². The van der Waals surface area contributed by atoms with Crippen molar-refractivity contribution in [2.75, 3.05) is 5.32 Å². The smallest absolute Gasteiger partial charge is 0.224 e. The zero-order valence-electron chi connectivity index (χ0n) is 20.5. The SMILES string of the molecule is CCCCC(=O)Nc1cncc(-c2ccc3[nH]nc(-c4cc5c(-c6ccc(C)s6)nccc5[nH]4)c3n2)c1. The fourth-order valence-corrected chi connectivity index (χ4v) is 5.27. The lowest BCUT2D eigenvalue weighted by molar-refractivity contribution is -0.116. The Kier molecular flexibility index (Phi) is 5.97. The molecule has 0 aliphatic heterocycles. The number of rotatable bonds is 7. The van der Waals surface area contributed by atoms with E-state index in [1.165, 1.54) is 4.88 Å². The molecule has 0 unspecified atom stereocenters. The summed E-state index contributed by atoms with van der Waals surface area (Å²) < 4.78 is 0. The Morgan fingerprint density at radius 1 is 1.05 bits per heavy atom. The number of carbonyl (C=O) groups excluding carboxylic acids is 1. The molecule has 0 aliphatic carbocycles. The van der Waals surface area contributed by atoms with Crippen LogP contribution in [0.4, 0.5) is 5.69 Å². The van der Waals surface area contributed by atoms with Gasteiger partial charge in [0.1, 0.15) is 11.2 Å². The highest BCUT2D eigenvalue weighted by molar-refractivity contribution is 7.15. The van der Waals surface area contributed by atoms with Crippen molar-refractivity contribution in [1.82, 2.24) is 30.1 Å². The molecule has 0 saturated heterocycles. The molecule has 3 N–H and O–H groups in total. The summed E-state index contributed by atoms with van der Waals surface area (Å²) in [5, 5.41) is 11.7. The fraction of sp³-hybridized carbons (Fsp3) is 0.179. The molecule has 6 aromatic heterocycles. The molecule has 184 valence electrons. The Balaban J connectivity index is 1.37. The predicted octanol–water partition coefficient (Wildman–Crippen LogP) is 6.73. The molecule has 0 saturated carbocycles. The minimum absolute atomic E-state index is 0.00767. The Hall–Kier alpha value is -4.37. The summed E-state index contributed by atoms with van der Waals surface area (Å²) >= 11 is 1.73. The predicted molar refractivity (Wildman–Crippen MR) is 148 cm³/mol. The third-order valence-electron chi connectivity index (χ3n) is 6.26. The van der Waals surface area contributed by atoms with Gasteiger partial charge in [-0.3, -0.25) is 19.9 Å². The third-order valence-corrected chi connectivity index (χ3v) is 7.27. The number of aromatic nitrogens is 6. The van der Waals surface area contributed by atoms with Gasteiger partial charge < -0.3 is 10.3 Å². The standard InChI is InChI=1S/C28H25N7OS/c1-3-4-5-25(36)31-18-12-17(14-29-15-18)20-7-8-22-27(33-20)28(35-34-22)23-13-19-21(32-23)10-11-30-26(19)24-9-6-16(2)37-24/h6-15,32H,3-5H2,1-2H3,(H,31,36)(H,34,35). The van der Waals surface area contributed by atoms with Crippen molar-refractivity contribution in [2.45, 2.75) is 33.1 Å². The number of fused-ring (bicyclic) bond motifs is 2. The van der Waals surface area contributed by atoms with Crippen molar-refractivity contribution in [3.63, 3.8) is 0 Å². The number of thiophene rings is 1. The first-order valence-electron chi connectivity index (χ1n) is 12.2. The molecule has 0 aromatic carbocycles. The van der Waals surface area contributed by atoms with Crippen molar-refractivity contribution in [3.05, 3.63) is 65.9 Å². The topological polar surface area (TPSA) is 112 Å². The zero-order chi connectivity index (χ0) is 25.4. The van der Waals surface area contributed by atoms with Crippen molar-refractivity contribution < 1.29 is 4.79 Å². The van der Waals surface area contributed by atoms with E-state index in [2.05, 4.69) is 62.5 Å². The lowest BCUT2D eigenvalue weighted by Gasteiger charge is -2.07. The largest absolute Gasteiger partial charge is 0.353 e. The maximum absolute atomic E-state index is 12.2. The highest BCUT2D eigenvalue weighted by Gasteiger charge is 2.16. The molecule has 8 nitrogen and oxygen atoms in total. The number of nitrogens with zero attached hydrogens (tertiary/aromatic N) is 4. The van der Waals surface area contributed by atoms with Crippen LogP contribution in [0.25, 0.3) is 55.2 Å². The summed E-state index contributed by atoms with van der Waals surface area (Å²) in [6.45, 7) is 4.17. The normalized spacial score (nSPS) is 11.4. The van der Waals surface area contributed by atoms with Crippen LogP contribution in [0.2, 0.25) is 0 Å². The zero-order valence-corrected chi connectivity index (χ0v) is 21.3. The molecule has 6 heterocycles. The second kappa shape index (κ2) is 9.59. The Labute approximate surface area is 217 Å². The van der Waals surface area contributed by atoms with Crippen LogP contribution in [-0.4, -0.2) is 36.0 Å². The lowest BCUT2D eigenvalue weighted by Crippen LogP contribution is -2.11. The van der Waals surface area contributed by atoms with Crippen molar-refractivity contribution in [3.8, 4) is 33.2 Å². The summed E-state index contributed by atoms with van der Waals surface area (Å²) in [4.78, 5) is 32.0. The maximum Gasteiger partial charge on any atom is 0.224 e. The summed E-state index contributed by atoms with van der Waals surface area (Å²) in [6.07, 6.45) is 7.56. The quantitative estimate of drug-likeness (QED) is 0.222. The number of anilines is 1. The van der Waals surface area contributed by atoms with Gasteiger partial charge >= 0.3 is 0 Å². The van der Waals surface area contributed by atoms with E-state index in [4.69, 9.17) is 4.98 Å². The second-order valence-corrected chi connectivity index (χ2v) is 10.3. The molecule has 1 amide bonds. The van der Waals surface area contributed by atoms with Crippen LogP contribution in [0, 0.1) is 6.92 Å². The highest BCUT2D eigenvalue weighted by Crippen LogP contribution is 2.35. The number of nitrogens with one attached hydrogen (secondary N) is 3. The molecule has 6 rings (SSSR count). The summed E-state index contributed by atoms with van der Waals surface area (Å²) in [5.74, 6) is -0.00767. The monoisotopic (exact) mass is 507 g/mol. The van der Waals surface area contributed by atoms with Gasteiger partial charge in [0.25, 0.3) is 0 Å². The summed E-state index contributed by atoms with van der Waals surface area (Å²) in [5.41, 5.74) is 7.36. The Morgan fingerprint density at radius 3 is 2.81 bits per heavy atom. The first-order valence-corrected chi connectivity index (χ1v) is 13.1. The molecule has 0 bridgehead atoms. The minimum atomic E-state index is -0.00767. The van der Waals surface area contributed by atoms with Gasteiger partial charge in [0.05, 0.1) is 39.4 Å². The van der Waals surface area contributed by atoms with Crippen LogP contribution in [0.1, 0.15) is 31.1 Å². The molecular formula is C28H25N7OS. The number of pyridine rings is 3. The molecule has 6 aromatic rings. The molecule has 37 heavy (non-hydrogen) atoms. The van der Waals surface area contributed by atoms with E-state index in [1.807, 2.05) is 30.5 Å². The van der Waals surface area contributed by atoms with Crippen LogP contribution in [0.5, 0.6) is 0 Å². The van der Waals surface area contributed by atoms with Crippen molar-refractivity contribution in [2.24, 2.45) is 0 Å². The second-order valence-electron chi connectivity index (χ2n) is 8.99. The van der Waals surface area contributed by atoms with E-state index in [0.29, 0.717) is 12.1 Å². The number of aromatic amines is 2. The number of hydrogen-bond acceptors (Lipinski definition) is 6. The van der Waals surface area contributed by atoms with E-state index in [1.54, 1.807) is 23.7 Å². The van der Waals surface area contributed by atoms with Crippen molar-refractivity contribution in [1.29, 1.82) is 0 Å². The van der Waals surface area contributed by atoms with Crippen LogP contribution < -0.4 is 5.32 Å². The van der Waals surface area contributed by atoms with Gasteiger partial charge in [-0.15, -0.1) is 11.3 Å². The highest BCUT2D eigenvalue weighted by atomic mass is 32.1. The van der Waals surface area contributed by atoms with Gasteiger partial charge in [-0.25, -0.2) is 4.98 Å². The lowest BCUT2D eigenvalue weighted by atomic mass is 10.1. The molecular weight excluding hydrogens is 482 g/mol. The van der Waals surface area contributed by atoms with Gasteiger partial charge in [-0.2, -0.15) is 5.10 Å². The average Bonchev–Trinajstić information content (AvgIpc) is 3.64. The van der Waals surface area contributed by atoms with Gasteiger partial charge in [0.2, 0.25) is 5.91 Å². The molecule has 0 fully saturated rings. The van der Waals surface area contributed by atoms with Crippen LogP contribution in [-0.2, 0) is 4.79 Å². The van der Waals surface area contributed by atoms with Gasteiger partial charge in [-0.05, 0) is 55.8 Å². The van der Waals surface area contributed by atoms with Crippen LogP contribution in [0.15, 0.2) is 61.1 Å². The summed E-state index contributed by atoms with van der Waals surface area (Å²) in [7, 11) is 0. The number of unbranched alkanes of at least 4 members (excludes halogenated alkanes) is 1. The number of hydrogen-bond donors (Lipinski definition) is 3. The third kappa shape index (κ3) is 4.49.